The van der Waals surface area contributed by atoms with Gasteiger partial charge in [-0.2, -0.15) is 0 Å². The molecule has 0 amide bonds. The summed E-state index contributed by atoms with van der Waals surface area (Å²) in [6.45, 7) is 2.86. The first-order valence-corrected chi connectivity index (χ1v) is 4.67. The summed E-state index contributed by atoms with van der Waals surface area (Å²) in [5.41, 5.74) is 0. The normalized spacial score (nSPS) is 52.2. The molecule has 3 fully saturated rings. The summed E-state index contributed by atoms with van der Waals surface area (Å²) in [7, 11) is 0. The molecular weight excluding hydrogens is 122 g/mol. The minimum Gasteiger partial charge on any atom is -0.300 e. The SMILES string of the molecule is C1C[C@H]2C[C@@H]3CCN3C[C@@H]12. The third kappa shape index (κ3) is 0.572. The Balaban J connectivity index is 1.74. The van der Waals surface area contributed by atoms with E-state index in [9.17, 15) is 0 Å². The number of fused-ring (bicyclic) bond motifs is 2. The second-order valence-electron chi connectivity index (χ2n) is 4.27. The predicted molar refractivity (Wildman–Crippen MR) is 40.8 cm³/mol. The van der Waals surface area contributed by atoms with Crippen molar-refractivity contribution in [3.8, 4) is 0 Å². The molecule has 1 nitrogen and oxygen atoms in total. The van der Waals surface area contributed by atoms with E-state index < -0.39 is 0 Å². The quantitative estimate of drug-likeness (QED) is 0.489. The highest BCUT2D eigenvalue weighted by Crippen LogP contribution is 2.45. The van der Waals surface area contributed by atoms with Gasteiger partial charge in [0.1, 0.15) is 0 Å². The van der Waals surface area contributed by atoms with Crippen LogP contribution in [0.2, 0.25) is 0 Å². The summed E-state index contributed by atoms with van der Waals surface area (Å²) in [5.74, 6) is 2.28. The van der Waals surface area contributed by atoms with Crippen LogP contribution in [0, 0.1) is 11.8 Å². The smallest absolute Gasteiger partial charge is 0.0110 e. The lowest BCUT2D eigenvalue weighted by molar-refractivity contribution is -0.0471. The van der Waals surface area contributed by atoms with Crippen LogP contribution in [0.1, 0.15) is 25.7 Å². The highest BCUT2D eigenvalue weighted by molar-refractivity contribution is 4.97. The van der Waals surface area contributed by atoms with E-state index in [4.69, 9.17) is 0 Å². The first-order chi connectivity index (χ1) is 4.93. The van der Waals surface area contributed by atoms with Crippen molar-refractivity contribution in [1.82, 2.24) is 4.90 Å². The van der Waals surface area contributed by atoms with Crippen LogP contribution in [-0.2, 0) is 0 Å². The van der Waals surface area contributed by atoms with Crippen LogP contribution < -0.4 is 0 Å². The fourth-order valence-electron chi connectivity index (χ4n) is 2.84. The lowest BCUT2D eigenvalue weighted by Crippen LogP contribution is -2.57. The summed E-state index contributed by atoms with van der Waals surface area (Å²) in [5, 5.41) is 0. The van der Waals surface area contributed by atoms with Crippen molar-refractivity contribution in [1.29, 1.82) is 0 Å². The van der Waals surface area contributed by atoms with E-state index in [0.29, 0.717) is 0 Å². The third-order valence-corrected chi connectivity index (χ3v) is 3.88. The molecule has 0 bridgehead atoms. The van der Waals surface area contributed by atoms with E-state index in [2.05, 4.69) is 4.90 Å². The maximum atomic E-state index is 2.69. The predicted octanol–water partition coefficient (Wildman–Crippen LogP) is 1.49. The van der Waals surface area contributed by atoms with Gasteiger partial charge in [0.15, 0.2) is 0 Å². The highest BCUT2D eigenvalue weighted by atomic mass is 15.2. The van der Waals surface area contributed by atoms with Crippen LogP contribution >= 0.6 is 0 Å². The molecule has 2 aliphatic heterocycles. The Labute approximate surface area is 62.4 Å². The van der Waals surface area contributed by atoms with Crippen LogP contribution in [-0.4, -0.2) is 24.0 Å². The Kier molecular flexibility index (Phi) is 0.984. The molecule has 2 heterocycles. The molecule has 0 spiro atoms. The van der Waals surface area contributed by atoms with Crippen LogP contribution in [0.4, 0.5) is 0 Å². The Morgan fingerprint density at radius 1 is 1.00 bits per heavy atom. The summed E-state index contributed by atoms with van der Waals surface area (Å²) < 4.78 is 0. The van der Waals surface area contributed by atoms with Crippen molar-refractivity contribution >= 4 is 0 Å². The molecule has 3 aliphatic rings. The van der Waals surface area contributed by atoms with Crippen molar-refractivity contribution < 1.29 is 0 Å². The number of hydrogen-bond acceptors (Lipinski definition) is 1. The van der Waals surface area contributed by atoms with Crippen molar-refractivity contribution in [2.24, 2.45) is 11.8 Å². The van der Waals surface area contributed by atoms with Gasteiger partial charge in [-0.15, -0.1) is 0 Å². The topological polar surface area (TPSA) is 3.24 Å². The van der Waals surface area contributed by atoms with Crippen molar-refractivity contribution in [2.45, 2.75) is 31.7 Å². The molecule has 2 saturated heterocycles. The fourth-order valence-corrected chi connectivity index (χ4v) is 2.84. The standard InChI is InChI=1S/C9H15N/c1-2-8-6-10-4-3-9(10)5-7(1)8/h7-9H,1-6H2/t7-,8+,9-/m0/s1. The molecule has 3 rings (SSSR count). The van der Waals surface area contributed by atoms with Gasteiger partial charge in [-0.25, -0.2) is 0 Å². The Morgan fingerprint density at radius 2 is 1.90 bits per heavy atom. The second kappa shape index (κ2) is 1.76. The van der Waals surface area contributed by atoms with Gasteiger partial charge >= 0.3 is 0 Å². The number of nitrogens with zero attached hydrogens (tertiary/aromatic N) is 1. The minimum atomic E-state index is 1.03. The first-order valence-electron chi connectivity index (χ1n) is 4.67. The Morgan fingerprint density at radius 3 is 2.40 bits per heavy atom. The Hall–Kier alpha value is -0.0400. The molecule has 1 heteroatoms. The molecule has 1 saturated carbocycles. The summed E-state index contributed by atoms with van der Waals surface area (Å²) in [6, 6.07) is 1.03. The summed E-state index contributed by atoms with van der Waals surface area (Å²) in [4.78, 5) is 2.69. The van der Waals surface area contributed by atoms with E-state index in [0.717, 1.165) is 17.9 Å². The molecule has 10 heavy (non-hydrogen) atoms. The van der Waals surface area contributed by atoms with Gasteiger partial charge in [0.2, 0.25) is 0 Å². The minimum absolute atomic E-state index is 1.03. The van der Waals surface area contributed by atoms with Gasteiger partial charge < -0.3 is 0 Å². The zero-order chi connectivity index (χ0) is 6.55. The van der Waals surface area contributed by atoms with Crippen LogP contribution in [0.15, 0.2) is 0 Å². The van der Waals surface area contributed by atoms with Gasteiger partial charge in [-0.1, -0.05) is 0 Å². The maximum absolute atomic E-state index is 2.69. The van der Waals surface area contributed by atoms with Crippen LogP contribution in [0.25, 0.3) is 0 Å². The van der Waals surface area contributed by atoms with Crippen molar-refractivity contribution in [2.75, 3.05) is 13.1 Å². The molecule has 0 aromatic rings. The summed E-state index contributed by atoms with van der Waals surface area (Å²) in [6.07, 6.45) is 6.14. The van der Waals surface area contributed by atoms with Gasteiger partial charge in [-0.05, 0) is 44.1 Å². The first kappa shape index (κ1) is 5.59. The molecule has 0 radical (unpaired) electrons. The zero-order valence-corrected chi connectivity index (χ0v) is 6.42. The fraction of sp³-hybridized carbons (Fsp3) is 1.00. The van der Waals surface area contributed by atoms with Crippen molar-refractivity contribution in [3.63, 3.8) is 0 Å². The summed E-state index contributed by atoms with van der Waals surface area (Å²) >= 11 is 0. The number of piperidine rings is 1. The molecular formula is C9H15N. The molecule has 0 aromatic carbocycles. The average Bonchev–Trinajstić information content (AvgIpc) is 1.82. The number of hydrogen-bond donors (Lipinski definition) is 0. The Bertz CT molecular complexity index is 121. The van der Waals surface area contributed by atoms with Gasteiger partial charge in [0.05, 0.1) is 0 Å². The van der Waals surface area contributed by atoms with E-state index in [1.807, 2.05) is 0 Å². The molecule has 0 unspecified atom stereocenters. The average molecular weight is 137 g/mol. The molecule has 0 aromatic heterocycles. The monoisotopic (exact) mass is 137 g/mol. The highest BCUT2D eigenvalue weighted by Gasteiger charge is 2.43. The van der Waals surface area contributed by atoms with Gasteiger partial charge in [-0.3, -0.25) is 4.90 Å². The molecule has 1 aliphatic carbocycles. The van der Waals surface area contributed by atoms with E-state index >= 15 is 0 Å². The van der Waals surface area contributed by atoms with Gasteiger partial charge in [0.25, 0.3) is 0 Å². The van der Waals surface area contributed by atoms with Crippen LogP contribution in [0.3, 0.4) is 0 Å². The van der Waals surface area contributed by atoms with Crippen molar-refractivity contribution in [3.05, 3.63) is 0 Å². The zero-order valence-electron chi connectivity index (χ0n) is 6.42. The molecule has 3 atom stereocenters. The molecule has 0 N–H and O–H groups in total. The van der Waals surface area contributed by atoms with Gasteiger partial charge in [0, 0.05) is 12.6 Å². The van der Waals surface area contributed by atoms with E-state index in [-0.39, 0.29) is 0 Å². The second-order valence-corrected chi connectivity index (χ2v) is 4.27. The number of rotatable bonds is 0. The largest absolute Gasteiger partial charge is 0.300 e. The lowest BCUT2D eigenvalue weighted by Gasteiger charge is -2.54. The lowest BCUT2D eigenvalue weighted by atomic mass is 9.65. The van der Waals surface area contributed by atoms with E-state index in [1.165, 1.54) is 25.9 Å². The maximum Gasteiger partial charge on any atom is 0.0110 e. The van der Waals surface area contributed by atoms with Crippen LogP contribution in [0.5, 0.6) is 0 Å². The third-order valence-electron chi connectivity index (χ3n) is 3.88. The van der Waals surface area contributed by atoms with E-state index in [1.54, 1.807) is 12.8 Å². The molecule has 56 valence electrons.